The molecule has 0 radical (unpaired) electrons. The van der Waals surface area contributed by atoms with Gasteiger partial charge in [-0.15, -0.1) is 23.7 Å². The quantitative estimate of drug-likeness (QED) is 0.866. The van der Waals surface area contributed by atoms with E-state index in [2.05, 4.69) is 10.0 Å². The molecule has 110 valence electrons. The Bertz CT molecular complexity index is 533. The zero-order chi connectivity index (χ0) is 13.3. The van der Waals surface area contributed by atoms with Gasteiger partial charge in [0.05, 0.1) is 4.34 Å². The lowest BCUT2D eigenvalue weighted by atomic mass is 10.0. The molecule has 19 heavy (non-hydrogen) atoms. The molecule has 1 aliphatic heterocycles. The van der Waals surface area contributed by atoms with E-state index in [1.807, 2.05) is 6.92 Å². The van der Waals surface area contributed by atoms with E-state index in [-0.39, 0.29) is 33.7 Å². The van der Waals surface area contributed by atoms with Crippen LogP contribution in [-0.4, -0.2) is 27.0 Å². The summed E-state index contributed by atoms with van der Waals surface area (Å²) in [6, 6.07) is 1.39. The lowest BCUT2D eigenvalue weighted by molar-refractivity contribution is 0.349. The van der Waals surface area contributed by atoms with Crippen LogP contribution >= 0.6 is 46.9 Å². The van der Waals surface area contributed by atoms with Crippen molar-refractivity contribution in [2.24, 2.45) is 0 Å². The van der Waals surface area contributed by atoms with Gasteiger partial charge in [-0.2, -0.15) is 0 Å². The molecule has 0 amide bonds. The Hall–Kier alpha value is 0.440. The first kappa shape index (κ1) is 17.5. The van der Waals surface area contributed by atoms with E-state index in [0.29, 0.717) is 4.34 Å². The van der Waals surface area contributed by atoms with Crippen molar-refractivity contribution in [1.82, 2.24) is 10.0 Å². The fourth-order valence-electron chi connectivity index (χ4n) is 1.98. The molecular weight excluding hydrogens is 351 g/mol. The predicted molar refractivity (Wildman–Crippen MR) is 82.4 cm³/mol. The van der Waals surface area contributed by atoms with E-state index in [1.165, 1.54) is 6.07 Å². The van der Waals surface area contributed by atoms with Gasteiger partial charge in [-0.05, 0) is 32.4 Å². The number of rotatable bonds is 3. The molecule has 0 aromatic carbocycles. The van der Waals surface area contributed by atoms with E-state index in [9.17, 15) is 8.42 Å². The second-order valence-electron chi connectivity index (χ2n) is 4.30. The van der Waals surface area contributed by atoms with E-state index in [1.54, 1.807) is 0 Å². The highest BCUT2D eigenvalue weighted by Gasteiger charge is 2.28. The van der Waals surface area contributed by atoms with Gasteiger partial charge in [0.15, 0.2) is 0 Å². The zero-order valence-electron chi connectivity index (χ0n) is 10.2. The summed E-state index contributed by atoms with van der Waals surface area (Å²) in [4.78, 5) is 0.0666. The summed E-state index contributed by atoms with van der Waals surface area (Å²) >= 11 is 12.7. The van der Waals surface area contributed by atoms with Crippen LogP contribution in [0.4, 0.5) is 0 Å². The summed E-state index contributed by atoms with van der Waals surface area (Å²) in [7, 11) is -3.60. The number of thiophene rings is 1. The molecule has 2 rings (SSSR count). The Morgan fingerprint density at radius 2 is 2.16 bits per heavy atom. The maximum Gasteiger partial charge on any atom is 0.243 e. The number of hydrogen-bond acceptors (Lipinski definition) is 4. The number of piperidine rings is 1. The summed E-state index contributed by atoms with van der Waals surface area (Å²) in [6.45, 7) is 2.89. The summed E-state index contributed by atoms with van der Waals surface area (Å²) in [5, 5.41) is 3.24. The van der Waals surface area contributed by atoms with Crippen LogP contribution in [0.25, 0.3) is 0 Å². The molecule has 9 heteroatoms. The third-order valence-corrected chi connectivity index (χ3v) is 6.23. The van der Waals surface area contributed by atoms with Gasteiger partial charge in [0.2, 0.25) is 10.0 Å². The largest absolute Gasteiger partial charge is 0.313 e. The van der Waals surface area contributed by atoms with Crippen LogP contribution in [0.3, 0.4) is 0 Å². The lowest BCUT2D eigenvalue weighted by Gasteiger charge is -2.30. The van der Waals surface area contributed by atoms with Crippen LogP contribution in [0, 0.1) is 0 Å². The summed E-state index contributed by atoms with van der Waals surface area (Å²) in [6.07, 6.45) is 1.78. The van der Waals surface area contributed by atoms with Crippen LogP contribution in [0.15, 0.2) is 11.0 Å². The Morgan fingerprint density at radius 1 is 1.47 bits per heavy atom. The smallest absolute Gasteiger partial charge is 0.243 e. The number of sulfonamides is 1. The summed E-state index contributed by atoms with van der Waals surface area (Å²) in [5.74, 6) is 0. The first-order valence-electron chi connectivity index (χ1n) is 5.60. The molecule has 0 bridgehead atoms. The van der Waals surface area contributed by atoms with E-state index >= 15 is 0 Å². The van der Waals surface area contributed by atoms with Gasteiger partial charge in [-0.1, -0.05) is 23.2 Å². The molecule has 2 N–H and O–H groups in total. The molecule has 4 nitrogen and oxygen atoms in total. The molecule has 1 aromatic rings. The molecule has 1 fully saturated rings. The first-order valence-corrected chi connectivity index (χ1v) is 8.66. The fourth-order valence-corrected chi connectivity index (χ4v) is 5.48. The zero-order valence-corrected chi connectivity index (χ0v) is 14.1. The maximum atomic E-state index is 12.2. The van der Waals surface area contributed by atoms with Gasteiger partial charge >= 0.3 is 0 Å². The highest BCUT2D eigenvalue weighted by Crippen LogP contribution is 2.34. The van der Waals surface area contributed by atoms with Crippen molar-refractivity contribution in [3.8, 4) is 0 Å². The van der Waals surface area contributed by atoms with Gasteiger partial charge < -0.3 is 5.32 Å². The van der Waals surface area contributed by atoms with Crippen molar-refractivity contribution < 1.29 is 8.42 Å². The Kier molecular flexibility index (Phi) is 6.38. The third kappa shape index (κ3) is 4.20. The van der Waals surface area contributed by atoms with Gasteiger partial charge in [0.25, 0.3) is 0 Å². The number of hydrogen-bond donors (Lipinski definition) is 2. The van der Waals surface area contributed by atoms with E-state index in [0.717, 1.165) is 30.7 Å². The minimum Gasteiger partial charge on any atom is -0.313 e. The molecule has 0 saturated carbocycles. The van der Waals surface area contributed by atoms with Crippen LogP contribution in [0.5, 0.6) is 0 Å². The molecule has 1 aromatic heterocycles. The molecule has 0 spiro atoms. The minimum absolute atomic E-state index is 0. The lowest BCUT2D eigenvalue weighted by Crippen LogP contribution is -2.51. The Morgan fingerprint density at radius 3 is 2.68 bits per heavy atom. The van der Waals surface area contributed by atoms with E-state index < -0.39 is 10.0 Å². The van der Waals surface area contributed by atoms with Crippen molar-refractivity contribution in [2.75, 3.05) is 6.54 Å². The summed E-state index contributed by atoms with van der Waals surface area (Å²) < 4.78 is 27.7. The first-order chi connectivity index (χ1) is 8.40. The van der Waals surface area contributed by atoms with Gasteiger partial charge in [0, 0.05) is 12.1 Å². The second-order valence-corrected chi connectivity index (χ2v) is 8.27. The van der Waals surface area contributed by atoms with E-state index in [4.69, 9.17) is 23.2 Å². The van der Waals surface area contributed by atoms with Crippen LogP contribution in [-0.2, 0) is 10.0 Å². The van der Waals surface area contributed by atoms with Crippen molar-refractivity contribution in [3.05, 3.63) is 14.7 Å². The highest BCUT2D eigenvalue weighted by atomic mass is 35.5. The topological polar surface area (TPSA) is 58.2 Å². The number of nitrogens with one attached hydrogen (secondary N) is 2. The van der Waals surface area contributed by atoms with Crippen LogP contribution < -0.4 is 10.0 Å². The maximum absolute atomic E-state index is 12.2. The average Bonchev–Trinajstić information content (AvgIpc) is 2.62. The van der Waals surface area contributed by atoms with Crippen molar-refractivity contribution in [1.29, 1.82) is 0 Å². The SMILES string of the molecule is CC1NCCCC1NS(=O)(=O)c1cc(Cl)sc1Cl.Cl. The molecule has 2 unspecified atom stereocenters. The predicted octanol–water partition coefficient (Wildman–Crippen LogP) is 2.90. The molecule has 2 heterocycles. The van der Waals surface area contributed by atoms with Gasteiger partial charge in [-0.3, -0.25) is 0 Å². The molecule has 1 aliphatic rings. The third-order valence-electron chi connectivity index (χ3n) is 2.98. The standard InChI is InChI=1S/C10H14Cl2N2O2S2.ClH/c1-6-7(3-2-4-13-6)14-18(15,16)8-5-9(11)17-10(8)12;/h5-7,13-14H,2-4H2,1H3;1H. The molecular formula is C10H15Cl3N2O2S2. The van der Waals surface area contributed by atoms with Gasteiger partial charge in [0.1, 0.15) is 9.23 Å². The monoisotopic (exact) mass is 364 g/mol. The Balaban J connectivity index is 0.00000180. The van der Waals surface area contributed by atoms with Crippen molar-refractivity contribution in [3.63, 3.8) is 0 Å². The molecule has 2 atom stereocenters. The average molecular weight is 366 g/mol. The fraction of sp³-hybridized carbons (Fsp3) is 0.600. The van der Waals surface area contributed by atoms with Crippen molar-refractivity contribution in [2.45, 2.75) is 36.7 Å². The molecule has 1 saturated heterocycles. The minimum atomic E-state index is -3.60. The van der Waals surface area contributed by atoms with Crippen LogP contribution in [0.1, 0.15) is 19.8 Å². The second kappa shape index (κ2) is 6.93. The van der Waals surface area contributed by atoms with Crippen molar-refractivity contribution >= 4 is 57.0 Å². The number of halogens is 3. The summed E-state index contributed by atoms with van der Waals surface area (Å²) in [5.41, 5.74) is 0. The normalized spacial score (nSPS) is 23.9. The molecule has 0 aliphatic carbocycles. The highest BCUT2D eigenvalue weighted by molar-refractivity contribution is 7.89. The van der Waals surface area contributed by atoms with Crippen LogP contribution in [0.2, 0.25) is 8.67 Å². The van der Waals surface area contributed by atoms with Gasteiger partial charge in [-0.25, -0.2) is 13.1 Å². The Labute approximate surface area is 133 Å².